The molecule has 0 spiro atoms. The van der Waals surface area contributed by atoms with Crippen LogP contribution in [-0.4, -0.2) is 40.5 Å². The van der Waals surface area contributed by atoms with Crippen molar-refractivity contribution in [3.05, 3.63) is 18.0 Å². The minimum absolute atomic E-state index is 0.0727. The lowest BCUT2D eigenvalue weighted by atomic mass is 9.99. The summed E-state index contributed by atoms with van der Waals surface area (Å²) in [5.74, 6) is 0. The predicted octanol–water partition coefficient (Wildman–Crippen LogP) is 2.08. The zero-order valence-corrected chi connectivity index (χ0v) is 11.5. The Bertz CT molecular complexity index is 389. The zero-order chi connectivity index (χ0) is 14.6. The first kappa shape index (κ1) is 16.0. The standard InChI is InChI=1S/C12H21F3N4/c1-4-10(16)11(9-7-17-19(3)8-9)18(2)6-5-12(13,14)15/h7-8,10-11H,4-6,16H2,1-3H3. The Morgan fingerprint density at radius 3 is 2.53 bits per heavy atom. The average Bonchev–Trinajstić information content (AvgIpc) is 2.72. The van der Waals surface area contributed by atoms with Gasteiger partial charge in [-0.3, -0.25) is 9.58 Å². The molecule has 1 heterocycles. The van der Waals surface area contributed by atoms with Gasteiger partial charge in [0.25, 0.3) is 0 Å². The summed E-state index contributed by atoms with van der Waals surface area (Å²) in [6.07, 6.45) is -0.842. The third kappa shape index (κ3) is 4.83. The lowest BCUT2D eigenvalue weighted by molar-refractivity contribution is -0.138. The molecular weight excluding hydrogens is 257 g/mol. The van der Waals surface area contributed by atoms with Crippen molar-refractivity contribution in [2.24, 2.45) is 12.8 Å². The van der Waals surface area contributed by atoms with Gasteiger partial charge in [-0.15, -0.1) is 0 Å². The van der Waals surface area contributed by atoms with Crippen LogP contribution >= 0.6 is 0 Å². The van der Waals surface area contributed by atoms with E-state index in [4.69, 9.17) is 5.73 Å². The highest BCUT2D eigenvalue weighted by atomic mass is 19.4. The molecule has 2 unspecified atom stereocenters. The minimum atomic E-state index is -4.15. The van der Waals surface area contributed by atoms with Crippen LogP contribution in [0.4, 0.5) is 13.2 Å². The molecule has 7 heteroatoms. The number of nitrogens with zero attached hydrogens (tertiary/aromatic N) is 3. The van der Waals surface area contributed by atoms with Gasteiger partial charge in [0.1, 0.15) is 0 Å². The number of aryl methyl sites for hydroxylation is 1. The van der Waals surface area contributed by atoms with E-state index in [0.29, 0.717) is 6.42 Å². The average molecular weight is 278 g/mol. The first-order chi connectivity index (χ1) is 8.74. The fourth-order valence-electron chi connectivity index (χ4n) is 2.09. The summed E-state index contributed by atoms with van der Waals surface area (Å²) in [5, 5.41) is 4.06. The van der Waals surface area contributed by atoms with Gasteiger partial charge in [-0.25, -0.2) is 0 Å². The second-order valence-electron chi connectivity index (χ2n) is 4.81. The first-order valence-corrected chi connectivity index (χ1v) is 6.25. The van der Waals surface area contributed by atoms with Crippen LogP contribution in [0.3, 0.4) is 0 Å². The van der Waals surface area contributed by atoms with Gasteiger partial charge < -0.3 is 5.73 Å². The Hall–Kier alpha value is -1.08. The molecule has 0 fully saturated rings. The molecule has 2 N–H and O–H groups in total. The molecule has 0 saturated carbocycles. The van der Waals surface area contributed by atoms with Crippen LogP contribution in [0.2, 0.25) is 0 Å². The normalized spacial score (nSPS) is 15.8. The van der Waals surface area contributed by atoms with E-state index >= 15 is 0 Å². The van der Waals surface area contributed by atoms with Gasteiger partial charge in [0.05, 0.1) is 18.7 Å². The van der Waals surface area contributed by atoms with Gasteiger partial charge in [0, 0.05) is 31.4 Å². The maximum absolute atomic E-state index is 12.3. The molecule has 0 amide bonds. The monoisotopic (exact) mass is 278 g/mol. The van der Waals surface area contributed by atoms with Crippen LogP contribution in [0.25, 0.3) is 0 Å². The van der Waals surface area contributed by atoms with Crippen LogP contribution in [0.1, 0.15) is 31.4 Å². The summed E-state index contributed by atoms with van der Waals surface area (Å²) in [5.41, 5.74) is 6.89. The molecule has 0 aliphatic heterocycles. The Balaban J connectivity index is 2.80. The smallest absolute Gasteiger partial charge is 0.326 e. The SMILES string of the molecule is CCC(N)C(c1cnn(C)c1)N(C)CCC(F)(F)F. The van der Waals surface area contributed by atoms with E-state index in [9.17, 15) is 13.2 Å². The van der Waals surface area contributed by atoms with E-state index in [1.165, 1.54) is 0 Å². The van der Waals surface area contributed by atoms with Crippen molar-refractivity contribution in [3.63, 3.8) is 0 Å². The van der Waals surface area contributed by atoms with Crippen LogP contribution in [-0.2, 0) is 7.05 Å². The highest BCUT2D eigenvalue weighted by molar-refractivity contribution is 5.13. The van der Waals surface area contributed by atoms with Crippen molar-refractivity contribution < 1.29 is 13.2 Å². The van der Waals surface area contributed by atoms with Crippen LogP contribution in [0, 0.1) is 0 Å². The maximum Gasteiger partial charge on any atom is 0.390 e. The summed E-state index contributed by atoms with van der Waals surface area (Å²) in [6.45, 7) is 1.85. The molecule has 2 atom stereocenters. The summed E-state index contributed by atoms with van der Waals surface area (Å²) >= 11 is 0. The van der Waals surface area contributed by atoms with Gasteiger partial charge in [0.15, 0.2) is 0 Å². The van der Waals surface area contributed by atoms with E-state index in [-0.39, 0.29) is 18.6 Å². The zero-order valence-electron chi connectivity index (χ0n) is 11.5. The molecule has 1 rings (SSSR count). The topological polar surface area (TPSA) is 47.1 Å². The summed E-state index contributed by atoms with van der Waals surface area (Å²) in [6, 6.07) is -0.469. The molecule has 4 nitrogen and oxygen atoms in total. The highest BCUT2D eigenvalue weighted by Gasteiger charge is 2.30. The van der Waals surface area contributed by atoms with Crippen molar-refractivity contribution in [3.8, 4) is 0 Å². The number of hydrogen-bond acceptors (Lipinski definition) is 3. The van der Waals surface area contributed by atoms with Crippen molar-refractivity contribution >= 4 is 0 Å². The quantitative estimate of drug-likeness (QED) is 0.866. The highest BCUT2D eigenvalue weighted by Crippen LogP contribution is 2.26. The molecular formula is C12H21F3N4. The van der Waals surface area contributed by atoms with Gasteiger partial charge in [-0.05, 0) is 13.5 Å². The fraction of sp³-hybridized carbons (Fsp3) is 0.750. The molecule has 0 saturated heterocycles. The molecule has 19 heavy (non-hydrogen) atoms. The molecule has 0 aromatic carbocycles. The Kier molecular flexibility index (Phi) is 5.37. The van der Waals surface area contributed by atoms with Crippen molar-refractivity contribution in [2.75, 3.05) is 13.6 Å². The predicted molar refractivity (Wildman–Crippen MR) is 67.5 cm³/mol. The molecule has 110 valence electrons. The van der Waals surface area contributed by atoms with Crippen molar-refractivity contribution in [1.82, 2.24) is 14.7 Å². The van der Waals surface area contributed by atoms with E-state index < -0.39 is 12.6 Å². The summed E-state index contributed by atoms with van der Waals surface area (Å²) < 4.78 is 38.5. The Labute approximate surface area is 111 Å². The van der Waals surface area contributed by atoms with E-state index in [0.717, 1.165) is 5.56 Å². The summed E-state index contributed by atoms with van der Waals surface area (Å²) in [7, 11) is 3.44. The Morgan fingerprint density at radius 2 is 2.11 bits per heavy atom. The lowest BCUT2D eigenvalue weighted by Crippen LogP contribution is -2.40. The molecule has 0 aliphatic carbocycles. The van der Waals surface area contributed by atoms with Gasteiger partial charge in [-0.2, -0.15) is 18.3 Å². The van der Waals surface area contributed by atoms with Crippen molar-refractivity contribution in [2.45, 2.75) is 38.0 Å². The number of nitrogens with two attached hydrogens (primary N) is 1. The number of halogens is 3. The third-order valence-electron chi connectivity index (χ3n) is 3.17. The van der Waals surface area contributed by atoms with Gasteiger partial charge >= 0.3 is 6.18 Å². The Morgan fingerprint density at radius 1 is 1.47 bits per heavy atom. The molecule has 0 radical (unpaired) electrons. The lowest BCUT2D eigenvalue weighted by Gasteiger charge is -2.31. The second-order valence-corrected chi connectivity index (χ2v) is 4.81. The van der Waals surface area contributed by atoms with Gasteiger partial charge in [-0.1, -0.05) is 6.92 Å². The minimum Gasteiger partial charge on any atom is -0.326 e. The van der Waals surface area contributed by atoms with E-state index in [1.54, 1.807) is 36.1 Å². The summed E-state index contributed by atoms with van der Waals surface area (Å²) in [4.78, 5) is 1.65. The molecule has 0 bridgehead atoms. The van der Waals surface area contributed by atoms with E-state index in [2.05, 4.69) is 5.10 Å². The largest absolute Gasteiger partial charge is 0.390 e. The molecule has 0 aliphatic rings. The third-order valence-corrected chi connectivity index (χ3v) is 3.17. The van der Waals surface area contributed by atoms with Crippen LogP contribution in [0.5, 0.6) is 0 Å². The second kappa shape index (κ2) is 6.38. The van der Waals surface area contributed by atoms with Crippen LogP contribution in [0.15, 0.2) is 12.4 Å². The fourth-order valence-corrected chi connectivity index (χ4v) is 2.09. The molecule has 1 aromatic heterocycles. The van der Waals surface area contributed by atoms with Crippen molar-refractivity contribution in [1.29, 1.82) is 0 Å². The number of likely N-dealkylation sites (N-methyl/N-ethyl adjacent to an activating group) is 1. The van der Waals surface area contributed by atoms with Crippen LogP contribution < -0.4 is 5.73 Å². The number of aromatic nitrogens is 2. The first-order valence-electron chi connectivity index (χ1n) is 6.25. The number of hydrogen-bond donors (Lipinski definition) is 1. The van der Waals surface area contributed by atoms with E-state index in [1.807, 2.05) is 6.92 Å². The van der Waals surface area contributed by atoms with Gasteiger partial charge in [0.2, 0.25) is 0 Å². The number of rotatable bonds is 6. The maximum atomic E-state index is 12.3. The molecule has 1 aromatic rings. The number of alkyl halides is 3.